The van der Waals surface area contributed by atoms with E-state index in [0.717, 1.165) is 77.7 Å². The number of amides is 2. The summed E-state index contributed by atoms with van der Waals surface area (Å²) in [6.07, 6.45) is 11.3. The summed E-state index contributed by atoms with van der Waals surface area (Å²) in [4.78, 5) is 12.5. The van der Waals surface area contributed by atoms with E-state index in [1.165, 1.54) is 17.3 Å². The van der Waals surface area contributed by atoms with Gasteiger partial charge in [-0.15, -0.1) is 0 Å². The number of carbonyl (C=O) groups is 1. The molecular formula is C20H22N3NaO3S. The van der Waals surface area contributed by atoms with Crippen molar-refractivity contribution in [3.63, 3.8) is 0 Å². The fraction of sp³-hybridized carbons (Fsp3) is 0.450. The van der Waals surface area contributed by atoms with Crippen LogP contribution >= 0.6 is 0 Å². The van der Waals surface area contributed by atoms with Gasteiger partial charge in [-0.2, -0.15) is 0 Å². The standard InChI is InChI=1S/C20H23N3O3S.Na/c24-20(22-27(25,26)23-10-9-16(12-23)13-7-8-13)21-19-17-5-1-3-14(17)11-15-4-2-6-18(15)19;/h9-13H,1-8H2,(H2,21,22,24);/q;+1/p-1. The van der Waals surface area contributed by atoms with Gasteiger partial charge in [-0.1, -0.05) is 6.07 Å². The molecule has 6 nitrogen and oxygen atoms in total. The largest absolute Gasteiger partial charge is 1.00 e. The quantitative estimate of drug-likeness (QED) is 0.769. The molecule has 1 aromatic carbocycles. The van der Waals surface area contributed by atoms with Gasteiger partial charge in [-0.3, -0.25) is 8.77 Å². The van der Waals surface area contributed by atoms with Crippen LogP contribution in [0.25, 0.3) is 4.72 Å². The van der Waals surface area contributed by atoms with Gasteiger partial charge in [0.05, 0.1) is 0 Å². The maximum atomic E-state index is 12.5. The van der Waals surface area contributed by atoms with E-state index in [-0.39, 0.29) is 29.6 Å². The van der Waals surface area contributed by atoms with E-state index in [1.807, 2.05) is 0 Å². The van der Waals surface area contributed by atoms with Gasteiger partial charge in [-0.25, -0.2) is 8.42 Å². The Kier molecular flexibility index (Phi) is 5.37. The molecule has 0 aliphatic heterocycles. The Hall–Kier alpha value is -1.28. The third-order valence-electron chi connectivity index (χ3n) is 5.91. The predicted octanol–water partition coefficient (Wildman–Crippen LogP) is 1.05. The number of fused-ring (bicyclic) bond motifs is 2. The second-order valence-corrected chi connectivity index (χ2v) is 9.28. The van der Waals surface area contributed by atoms with Gasteiger partial charge < -0.3 is 10.0 Å². The number of urea groups is 1. The first-order chi connectivity index (χ1) is 13.0. The first kappa shape index (κ1) is 20.0. The minimum Gasteiger partial charge on any atom is -0.423 e. The molecule has 1 aromatic heterocycles. The van der Waals surface area contributed by atoms with Crippen LogP contribution in [0.2, 0.25) is 0 Å². The van der Waals surface area contributed by atoms with Crippen molar-refractivity contribution in [2.24, 2.45) is 0 Å². The number of anilines is 1. The Morgan fingerprint density at radius 2 is 1.71 bits per heavy atom. The van der Waals surface area contributed by atoms with Crippen molar-refractivity contribution in [2.45, 2.75) is 57.3 Å². The first-order valence-corrected chi connectivity index (χ1v) is 11.0. The number of hydrogen-bond donors (Lipinski definition) is 1. The molecule has 0 atom stereocenters. The summed E-state index contributed by atoms with van der Waals surface area (Å²) in [5.41, 5.74) is 6.70. The molecule has 0 bridgehead atoms. The Balaban J connectivity index is 0.00000192. The van der Waals surface area contributed by atoms with Gasteiger partial charge in [0.15, 0.2) is 6.03 Å². The van der Waals surface area contributed by atoms with Crippen LogP contribution in [0.5, 0.6) is 0 Å². The predicted molar refractivity (Wildman–Crippen MR) is 104 cm³/mol. The molecule has 28 heavy (non-hydrogen) atoms. The second-order valence-electron chi connectivity index (χ2n) is 7.78. The molecule has 8 heteroatoms. The van der Waals surface area contributed by atoms with E-state index in [9.17, 15) is 13.2 Å². The zero-order valence-electron chi connectivity index (χ0n) is 16.1. The van der Waals surface area contributed by atoms with Crippen LogP contribution in [0.15, 0.2) is 24.5 Å². The molecule has 1 heterocycles. The van der Waals surface area contributed by atoms with Gasteiger partial charge in [0.2, 0.25) is 0 Å². The molecule has 2 amide bonds. The van der Waals surface area contributed by atoms with Crippen molar-refractivity contribution in [2.75, 3.05) is 5.32 Å². The average Bonchev–Trinajstić information content (AvgIpc) is 3.05. The summed E-state index contributed by atoms with van der Waals surface area (Å²) in [7, 11) is -4.06. The number of nitrogens with one attached hydrogen (secondary N) is 1. The molecule has 142 valence electrons. The fourth-order valence-corrected chi connectivity index (χ4v) is 5.26. The molecule has 0 spiro atoms. The Morgan fingerprint density at radius 1 is 1.07 bits per heavy atom. The van der Waals surface area contributed by atoms with Crippen molar-refractivity contribution in [3.05, 3.63) is 57.1 Å². The molecular weight excluding hydrogens is 385 g/mol. The number of rotatable bonds is 4. The van der Waals surface area contributed by atoms with Crippen molar-refractivity contribution >= 4 is 21.9 Å². The van der Waals surface area contributed by atoms with Crippen LogP contribution in [-0.4, -0.2) is 18.4 Å². The summed E-state index contributed by atoms with van der Waals surface area (Å²) < 4.78 is 29.5. The zero-order chi connectivity index (χ0) is 18.6. The van der Waals surface area contributed by atoms with Crippen molar-refractivity contribution in [1.29, 1.82) is 0 Å². The van der Waals surface area contributed by atoms with Crippen LogP contribution in [0.1, 0.15) is 59.4 Å². The van der Waals surface area contributed by atoms with E-state index >= 15 is 0 Å². The number of carbonyl (C=O) groups excluding carboxylic acids is 1. The molecule has 0 saturated heterocycles. The molecule has 3 aliphatic rings. The molecule has 3 aliphatic carbocycles. The van der Waals surface area contributed by atoms with Gasteiger partial charge >= 0.3 is 29.6 Å². The third-order valence-corrected chi connectivity index (χ3v) is 7.07. The van der Waals surface area contributed by atoms with E-state index in [0.29, 0.717) is 5.92 Å². The number of benzene rings is 1. The SMILES string of the molecule is O=C([N-]S(=O)(=O)n1ccc(C2CC2)c1)Nc1c2c(cc3c1CCC3)CCC2.[Na+]. The van der Waals surface area contributed by atoms with E-state index < -0.39 is 16.2 Å². The van der Waals surface area contributed by atoms with E-state index in [1.54, 1.807) is 12.3 Å². The minimum atomic E-state index is -4.06. The van der Waals surface area contributed by atoms with Crippen LogP contribution in [0.3, 0.4) is 0 Å². The normalized spacial score (nSPS) is 17.6. The third kappa shape index (κ3) is 3.65. The monoisotopic (exact) mass is 407 g/mol. The van der Waals surface area contributed by atoms with Crippen LogP contribution < -0.4 is 34.9 Å². The molecule has 1 fully saturated rings. The molecule has 0 unspecified atom stereocenters. The van der Waals surface area contributed by atoms with Crippen molar-refractivity contribution in [1.82, 2.24) is 3.97 Å². The number of hydrogen-bond acceptors (Lipinski definition) is 3. The first-order valence-electron chi connectivity index (χ1n) is 9.65. The molecule has 0 radical (unpaired) electrons. The Labute approximate surface area is 187 Å². The van der Waals surface area contributed by atoms with E-state index in [2.05, 4.69) is 16.1 Å². The summed E-state index contributed by atoms with van der Waals surface area (Å²) in [5, 5.41) is 2.81. The molecule has 5 rings (SSSR count). The van der Waals surface area contributed by atoms with Gasteiger partial charge in [0.25, 0.3) is 10.2 Å². The van der Waals surface area contributed by atoms with E-state index in [4.69, 9.17) is 0 Å². The molecule has 1 saturated carbocycles. The van der Waals surface area contributed by atoms with Gasteiger partial charge in [0, 0.05) is 12.4 Å². The number of aromatic nitrogens is 1. The smallest absolute Gasteiger partial charge is 0.423 e. The minimum absolute atomic E-state index is 0. The summed E-state index contributed by atoms with van der Waals surface area (Å²) in [6.45, 7) is 0. The summed E-state index contributed by atoms with van der Waals surface area (Å²) in [6, 6.07) is 3.25. The Morgan fingerprint density at radius 3 is 2.32 bits per heavy atom. The fourth-order valence-electron chi connectivity index (χ4n) is 4.44. The number of nitrogens with zero attached hydrogens (tertiary/aromatic N) is 2. The molecule has 1 N–H and O–H groups in total. The summed E-state index contributed by atoms with van der Waals surface area (Å²) >= 11 is 0. The van der Waals surface area contributed by atoms with Gasteiger partial charge in [0.1, 0.15) is 0 Å². The zero-order valence-corrected chi connectivity index (χ0v) is 18.9. The Bertz CT molecular complexity index is 1010. The van der Waals surface area contributed by atoms with Crippen LogP contribution in [-0.2, 0) is 35.9 Å². The van der Waals surface area contributed by atoms with Crippen LogP contribution in [0, 0.1) is 0 Å². The summed E-state index contributed by atoms with van der Waals surface area (Å²) in [5.74, 6) is 0.449. The van der Waals surface area contributed by atoms with Gasteiger partial charge in [-0.05, 0) is 96.9 Å². The number of aryl methyl sites for hydroxylation is 2. The van der Waals surface area contributed by atoms with Crippen molar-refractivity contribution in [3.8, 4) is 0 Å². The maximum Gasteiger partial charge on any atom is 1.00 e. The topological polar surface area (TPSA) is 82.3 Å². The maximum absolute atomic E-state index is 12.5. The molecule has 2 aromatic rings. The van der Waals surface area contributed by atoms with Crippen LogP contribution in [0.4, 0.5) is 10.5 Å². The second kappa shape index (κ2) is 7.52. The average molecular weight is 407 g/mol. The van der Waals surface area contributed by atoms with Crippen molar-refractivity contribution < 1.29 is 42.8 Å².